The van der Waals surface area contributed by atoms with Gasteiger partial charge in [0.2, 0.25) is 10.0 Å². The summed E-state index contributed by atoms with van der Waals surface area (Å²) in [6.45, 7) is 0.678. The van der Waals surface area contributed by atoms with Gasteiger partial charge in [0.15, 0.2) is 0 Å². The smallest absolute Gasteiger partial charge is 0.335 e. The summed E-state index contributed by atoms with van der Waals surface area (Å²) in [6, 6.07) is 28.0. The van der Waals surface area contributed by atoms with E-state index in [-0.39, 0.29) is 22.4 Å². The van der Waals surface area contributed by atoms with Crippen LogP contribution in [0.5, 0.6) is 0 Å². The lowest BCUT2D eigenvalue weighted by Gasteiger charge is -2.33. The molecule has 0 amide bonds. The van der Waals surface area contributed by atoms with Crippen LogP contribution in [0, 0.1) is 0 Å². The molecule has 5 aromatic rings. The van der Waals surface area contributed by atoms with Gasteiger partial charge in [0, 0.05) is 41.0 Å². The highest BCUT2D eigenvalue weighted by atomic mass is 35.5. The molecule has 0 atom stereocenters. The van der Waals surface area contributed by atoms with Crippen molar-refractivity contribution in [2.45, 2.75) is 48.5 Å². The Labute approximate surface area is 272 Å². The number of halogens is 2. The summed E-state index contributed by atoms with van der Waals surface area (Å²) in [4.78, 5) is 16.6. The molecule has 7 nitrogen and oxygen atoms in total. The van der Waals surface area contributed by atoms with Crippen LogP contribution in [-0.2, 0) is 10.0 Å². The molecule has 1 saturated heterocycles. The van der Waals surface area contributed by atoms with E-state index in [9.17, 15) is 18.3 Å². The van der Waals surface area contributed by atoms with E-state index in [1.807, 2.05) is 24.3 Å². The molecule has 230 valence electrons. The number of carboxylic acids is 1. The van der Waals surface area contributed by atoms with Crippen LogP contribution >= 0.6 is 23.2 Å². The largest absolute Gasteiger partial charge is 0.478 e. The summed E-state index contributed by atoms with van der Waals surface area (Å²) in [6.07, 6.45) is 3.46. The Balaban J connectivity index is 1.24. The summed E-state index contributed by atoms with van der Waals surface area (Å²) < 4.78 is 30.8. The molecule has 0 unspecified atom stereocenters. The predicted octanol–water partition coefficient (Wildman–Crippen LogP) is 8.12. The first-order valence-electron chi connectivity index (χ1n) is 15.1. The highest BCUT2D eigenvalue weighted by Gasteiger charge is 2.36. The number of sulfonamides is 1. The fraction of sp³-hybridized carbons (Fsp3) is 0.257. The van der Waals surface area contributed by atoms with Gasteiger partial charge in [0.05, 0.1) is 21.5 Å². The zero-order chi connectivity index (χ0) is 31.3. The molecule has 1 aliphatic carbocycles. The van der Waals surface area contributed by atoms with Gasteiger partial charge in [-0.25, -0.2) is 18.2 Å². The first-order chi connectivity index (χ1) is 21.7. The van der Waals surface area contributed by atoms with Crippen LogP contribution in [0.15, 0.2) is 95.9 Å². The Bertz CT molecular complexity index is 1950. The third kappa shape index (κ3) is 5.88. The lowest BCUT2D eigenvalue weighted by molar-refractivity contribution is 0.0696. The first-order valence-corrected chi connectivity index (χ1v) is 17.2. The Morgan fingerprint density at radius 2 is 1.40 bits per heavy atom. The normalized spacial score (nSPS) is 16.4. The van der Waals surface area contributed by atoms with Gasteiger partial charge in [-0.1, -0.05) is 59.6 Å². The van der Waals surface area contributed by atoms with Crippen molar-refractivity contribution in [2.75, 3.05) is 13.1 Å². The predicted molar refractivity (Wildman–Crippen MR) is 176 cm³/mol. The number of hydrogen-bond donors (Lipinski definition) is 1. The van der Waals surface area contributed by atoms with Crippen LogP contribution in [0.1, 0.15) is 76.4 Å². The Morgan fingerprint density at radius 1 is 0.800 bits per heavy atom. The summed E-state index contributed by atoms with van der Waals surface area (Å²) in [7, 11) is -3.83. The standard InChI is InChI=1S/C35H31Cl2N3O4S/c36-27-11-6-22(7-12-27)33(23-8-13-28(37)14-9-23)25-10-15-31-32(21-25)40(34(38-31)24-4-5-24)29-16-18-39(19-17-29)45(43,44)30-3-1-2-26(20-30)35(41)42/h1-3,6-15,20-21,24,29,33H,4-5,16-19H2,(H,41,42). The van der Waals surface area contributed by atoms with Crippen LogP contribution in [0.2, 0.25) is 10.0 Å². The minimum atomic E-state index is -3.83. The van der Waals surface area contributed by atoms with Gasteiger partial charge in [-0.3, -0.25) is 0 Å². The number of piperidine rings is 1. The van der Waals surface area contributed by atoms with Gasteiger partial charge in [-0.15, -0.1) is 0 Å². The molecule has 1 aromatic heterocycles. The van der Waals surface area contributed by atoms with E-state index in [0.29, 0.717) is 41.9 Å². The molecule has 0 spiro atoms. The molecule has 7 rings (SSSR count). The third-order valence-corrected chi connectivity index (χ3v) is 11.3. The maximum atomic E-state index is 13.5. The molecular formula is C35H31Cl2N3O4S. The molecule has 1 aliphatic heterocycles. The van der Waals surface area contributed by atoms with Gasteiger partial charge in [0.1, 0.15) is 5.82 Å². The zero-order valence-electron chi connectivity index (χ0n) is 24.3. The molecule has 45 heavy (non-hydrogen) atoms. The SMILES string of the molecule is O=C(O)c1cccc(S(=O)(=O)N2CCC(n3c(C4CC4)nc4ccc(C(c5ccc(Cl)cc5)c5ccc(Cl)cc5)cc43)CC2)c1. The fourth-order valence-corrected chi connectivity index (χ4v) is 8.26. The minimum Gasteiger partial charge on any atom is -0.478 e. The summed E-state index contributed by atoms with van der Waals surface area (Å²) in [5.41, 5.74) is 5.29. The van der Waals surface area contributed by atoms with Crippen molar-refractivity contribution < 1.29 is 18.3 Å². The van der Waals surface area contributed by atoms with E-state index < -0.39 is 16.0 Å². The highest BCUT2D eigenvalue weighted by molar-refractivity contribution is 7.89. The van der Waals surface area contributed by atoms with E-state index >= 15 is 0 Å². The van der Waals surface area contributed by atoms with Crippen molar-refractivity contribution in [3.8, 4) is 0 Å². The van der Waals surface area contributed by atoms with E-state index in [2.05, 4.69) is 47.0 Å². The molecule has 2 aliphatic rings. The second kappa shape index (κ2) is 11.9. The zero-order valence-corrected chi connectivity index (χ0v) is 26.6. The van der Waals surface area contributed by atoms with E-state index in [4.69, 9.17) is 28.2 Å². The van der Waals surface area contributed by atoms with Crippen LogP contribution in [-0.4, -0.2) is 46.4 Å². The van der Waals surface area contributed by atoms with Crippen molar-refractivity contribution in [2.24, 2.45) is 0 Å². The molecule has 0 bridgehead atoms. The molecule has 4 aromatic carbocycles. The van der Waals surface area contributed by atoms with Crippen molar-refractivity contribution in [1.29, 1.82) is 0 Å². The maximum absolute atomic E-state index is 13.5. The molecule has 2 fully saturated rings. The number of aromatic nitrogens is 2. The quantitative estimate of drug-likeness (QED) is 0.170. The van der Waals surface area contributed by atoms with Gasteiger partial charge in [-0.05, 0) is 97.0 Å². The summed E-state index contributed by atoms with van der Waals surface area (Å²) in [5, 5.41) is 10.7. The number of rotatable bonds is 8. The molecule has 2 heterocycles. The Morgan fingerprint density at radius 3 is 1.98 bits per heavy atom. The highest BCUT2D eigenvalue weighted by Crippen LogP contribution is 2.44. The third-order valence-electron chi connectivity index (χ3n) is 8.93. The number of aromatic carboxylic acids is 1. The fourth-order valence-electron chi connectivity index (χ4n) is 6.49. The number of hydrogen-bond acceptors (Lipinski definition) is 4. The van der Waals surface area contributed by atoms with Gasteiger partial charge in [-0.2, -0.15) is 4.31 Å². The first kappa shape index (κ1) is 30.0. The second-order valence-electron chi connectivity index (χ2n) is 11.9. The molecule has 1 saturated carbocycles. The maximum Gasteiger partial charge on any atom is 0.335 e. The van der Waals surface area contributed by atoms with Crippen molar-refractivity contribution in [3.63, 3.8) is 0 Å². The van der Waals surface area contributed by atoms with Crippen molar-refractivity contribution in [1.82, 2.24) is 13.9 Å². The van der Waals surface area contributed by atoms with Crippen molar-refractivity contribution in [3.05, 3.63) is 129 Å². The van der Waals surface area contributed by atoms with Crippen molar-refractivity contribution >= 4 is 50.2 Å². The number of carbonyl (C=O) groups is 1. The summed E-state index contributed by atoms with van der Waals surface area (Å²) >= 11 is 12.5. The monoisotopic (exact) mass is 659 g/mol. The molecule has 1 N–H and O–H groups in total. The topological polar surface area (TPSA) is 92.5 Å². The van der Waals surface area contributed by atoms with Crippen LogP contribution in [0.25, 0.3) is 11.0 Å². The summed E-state index contributed by atoms with van der Waals surface area (Å²) in [5.74, 6) is 0.279. The van der Waals surface area contributed by atoms with E-state index in [0.717, 1.165) is 46.4 Å². The van der Waals surface area contributed by atoms with Crippen LogP contribution < -0.4 is 0 Å². The number of carboxylic acid groups (broad SMARTS) is 1. The number of nitrogens with zero attached hydrogens (tertiary/aromatic N) is 3. The average Bonchev–Trinajstić information content (AvgIpc) is 3.83. The van der Waals surface area contributed by atoms with E-state index in [1.54, 1.807) is 0 Å². The lowest BCUT2D eigenvalue weighted by atomic mass is 9.85. The van der Waals surface area contributed by atoms with Gasteiger partial charge in [0.25, 0.3) is 0 Å². The Hall–Kier alpha value is -3.69. The van der Waals surface area contributed by atoms with Gasteiger partial charge >= 0.3 is 5.97 Å². The van der Waals surface area contributed by atoms with Crippen LogP contribution in [0.4, 0.5) is 0 Å². The molecular weight excluding hydrogens is 629 g/mol. The lowest BCUT2D eigenvalue weighted by Crippen LogP contribution is -2.39. The van der Waals surface area contributed by atoms with Crippen LogP contribution in [0.3, 0.4) is 0 Å². The number of fused-ring (bicyclic) bond motifs is 1. The minimum absolute atomic E-state index is 0.00711. The Kier molecular flexibility index (Phi) is 7.94. The number of imidazole rings is 1. The molecule has 10 heteroatoms. The average molecular weight is 661 g/mol. The second-order valence-corrected chi connectivity index (χ2v) is 14.7. The van der Waals surface area contributed by atoms with Gasteiger partial charge < -0.3 is 9.67 Å². The van der Waals surface area contributed by atoms with E-state index in [1.165, 1.54) is 28.6 Å². The number of benzene rings is 4. The molecule has 0 radical (unpaired) electrons.